The molecule has 3 rings (SSSR count). The molecule has 1 aromatic rings. The summed E-state index contributed by atoms with van der Waals surface area (Å²) >= 11 is 0. The molecule has 2 aliphatic rings. The van der Waals surface area contributed by atoms with Crippen LogP contribution in [0.1, 0.15) is 57.6 Å². The summed E-state index contributed by atoms with van der Waals surface area (Å²) in [6.45, 7) is 10.7. The van der Waals surface area contributed by atoms with Crippen LogP contribution < -0.4 is 10.6 Å². The summed E-state index contributed by atoms with van der Waals surface area (Å²) < 4.78 is 6.11. The molecule has 2 fully saturated rings. The van der Waals surface area contributed by atoms with Crippen molar-refractivity contribution < 1.29 is 9.53 Å². The molecule has 2 atom stereocenters. The Morgan fingerprint density at radius 1 is 1.20 bits per heavy atom. The zero-order chi connectivity index (χ0) is 21.6. The molecule has 30 heavy (non-hydrogen) atoms. The van der Waals surface area contributed by atoms with Crippen molar-refractivity contribution in [3.63, 3.8) is 0 Å². The number of nitrogens with zero attached hydrogens (tertiary/aromatic N) is 2. The van der Waals surface area contributed by atoms with E-state index in [2.05, 4.69) is 54.6 Å². The summed E-state index contributed by atoms with van der Waals surface area (Å²) in [4.78, 5) is 18.4. The Hall–Kier alpha value is -2.08. The molecular formula is C24H38N4O2. The predicted octanol–water partition coefficient (Wildman–Crippen LogP) is 3.32. The van der Waals surface area contributed by atoms with E-state index in [1.165, 1.54) is 17.5 Å². The van der Waals surface area contributed by atoms with Crippen LogP contribution in [0.25, 0.3) is 0 Å². The number of benzene rings is 1. The number of amides is 1. The average molecular weight is 415 g/mol. The van der Waals surface area contributed by atoms with Crippen molar-refractivity contribution in [2.24, 2.45) is 16.3 Å². The Labute approximate surface area is 181 Å². The highest BCUT2D eigenvalue weighted by atomic mass is 16.5. The Morgan fingerprint density at radius 2 is 1.97 bits per heavy atom. The molecule has 1 aromatic carbocycles. The highest BCUT2D eigenvalue weighted by molar-refractivity contribution is 5.79. The minimum atomic E-state index is 0.135. The fourth-order valence-electron chi connectivity index (χ4n) is 4.60. The first-order valence-electron chi connectivity index (χ1n) is 11.3. The molecule has 0 aromatic heterocycles. The summed E-state index contributed by atoms with van der Waals surface area (Å²) in [7, 11) is 1.81. The molecule has 6 heteroatoms. The highest BCUT2D eigenvalue weighted by Gasteiger charge is 2.35. The minimum Gasteiger partial charge on any atom is -0.377 e. The lowest BCUT2D eigenvalue weighted by molar-refractivity contribution is -0.128. The van der Waals surface area contributed by atoms with Crippen LogP contribution in [0.3, 0.4) is 0 Å². The van der Waals surface area contributed by atoms with E-state index in [0.29, 0.717) is 25.4 Å². The number of nitrogens with one attached hydrogen (secondary N) is 2. The van der Waals surface area contributed by atoms with E-state index in [4.69, 9.17) is 4.74 Å². The van der Waals surface area contributed by atoms with Crippen molar-refractivity contribution in [1.29, 1.82) is 0 Å². The third-order valence-electron chi connectivity index (χ3n) is 6.15. The Bertz CT molecular complexity index is 741. The monoisotopic (exact) mass is 414 g/mol. The van der Waals surface area contributed by atoms with E-state index in [9.17, 15) is 4.79 Å². The van der Waals surface area contributed by atoms with Gasteiger partial charge < -0.3 is 20.3 Å². The van der Waals surface area contributed by atoms with Gasteiger partial charge in [-0.2, -0.15) is 0 Å². The first-order chi connectivity index (χ1) is 14.4. The molecule has 2 unspecified atom stereocenters. The number of aliphatic imine (C=N–C) groups is 1. The van der Waals surface area contributed by atoms with Crippen molar-refractivity contribution in [3.05, 3.63) is 35.4 Å². The molecule has 2 aliphatic heterocycles. The van der Waals surface area contributed by atoms with Gasteiger partial charge in [0.1, 0.15) is 0 Å². The average Bonchev–Trinajstić information content (AvgIpc) is 3.13. The number of ether oxygens (including phenoxy) is 1. The van der Waals surface area contributed by atoms with Crippen LogP contribution in [-0.2, 0) is 22.6 Å². The van der Waals surface area contributed by atoms with Crippen molar-refractivity contribution in [1.82, 2.24) is 15.5 Å². The molecule has 0 radical (unpaired) electrons. The molecule has 2 saturated heterocycles. The van der Waals surface area contributed by atoms with E-state index in [1.807, 2.05) is 18.0 Å². The lowest BCUT2D eigenvalue weighted by Gasteiger charge is -2.40. The van der Waals surface area contributed by atoms with Crippen molar-refractivity contribution in [3.8, 4) is 0 Å². The van der Waals surface area contributed by atoms with E-state index >= 15 is 0 Å². The van der Waals surface area contributed by atoms with Crippen LogP contribution in [0.5, 0.6) is 0 Å². The normalized spacial score (nSPS) is 23.0. The van der Waals surface area contributed by atoms with Crippen LogP contribution in [0, 0.1) is 11.3 Å². The third-order valence-corrected chi connectivity index (χ3v) is 6.15. The maximum absolute atomic E-state index is 12.0. The Balaban J connectivity index is 1.55. The van der Waals surface area contributed by atoms with Gasteiger partial charge in [-0.1, -0.05) is 45.0 Å². The second-order valence-electron chi connectivity index (χ2n) is 9.55. The summed E-state index contributed by atoms with van der Waals surface area (Å²) in [5, 5.41) is 6.96. The fourth-order valence-corrected chi connectivity index (χ4v) is 4.60. The van der Waals surface area contributed by atoms with Crippen molar-refractivity contribution in [2.45, 2.75) is 65.6 Å². The number of hydrogen-bond donors (Lipinski definition) is 2. The van der Waals surface area contributed by atoms with Gasteiger partial charge in [-0.05, 0) is 35.8 Å². The molecule has 2 heterocycles. The molecule has 0 aliphatic carbocycles. The summed E-state index contributed by atoms with van der Waals surface area (Å²) in [6, 6.07) is 8.34. The predicted molar refractivity (Wildman–Crippen MR) is 121 cm³/mol. The topological polar surface area (TPSA) is 66.0 Å². The first-order valence-corrected chi connectivity index (χ1v) is 11.3. The smallest absolute Gasteiger partial charge is 0.222 e. The highest BCUT2D eigenvalue weighted by Crippen LogP contribution is 2.33. The van der Waals surface area contributed by atoms with Crippen molar-refractivity contribution >= 4 is 11.9 Å². The zero-order valence-electron chi connectivity index (χ0n) is 19.0. The van der Waals surface area contributed by atoms with Gasteiger partial charge >= 0.3 is 0 Å². The third kappa shape index (κ3) is 5.97. The standard InChI is InChI=1S/C24H38N4O2/c1-24(2,3)22-19(11-8-14-30-22)16-27-23(25-4)26-15-18-9-5-6-10-20(18)17-28-13-7-12-21(28)29/h5-6,9-10,19,22H,7-8,11-17H2,1-4H3,(H2,25,26,27). The number of rotatable bonds is 6. The maximum Gasteiger partial charge on any atom is 0.222 e. The van der Waals surface area contributed by atoms with Crippen LogP contribution >= 0.6 is 0 Å². The van der Waals surface area contributed by atoms with E-state index < -0.39 is 0 Å². The molecule has 2 N–H and O–H groups in total. The number of hydrogen-bond acceptors (Lipinski definition) is 3. The summed E-state index contributed by atoms with van der Waals surface area (Å²) in [6.07, 6.45) is 4.20. The molecule has 6 nitrogen and oxygen atoms in total. The van der Waals surface area contributed by atoms with Crippen LogP contribution in [-0.4, -0.2) is 49.6 Å². The van der Waals surface area contributed by atoms with Crippen LogP contribution in [0.4, 0.5) is 0 Å². The second kappa shape index (κ2) is 10.3. The molecular weight excluding hydrogens is 376 g/mol. The fraction of sp³-hybridized carbons (Fsp3) is 0.667. The summed E-state index contributed by atoms with van der Waals surface area (Å²) in [5.41, 5.74) is 2.54. The summed E-state index contributed by atoms with van der Waals surface area (Å²) in [5.74, 6) is 1.55. The second-order valence-corrected chi connectivity index (χ2v) is 9.55. The van der Waals surface area contributed by atoms with Gasteiger partial charge in [0.15, 0.2) is 5.96 Å². The van der Waals surface area contributed by atoms with Gasteiger partial charge in [0.25, 0.3) is 0 Å². The molecule has 0 saturated carbocycles. The van der Waals surface area contributed by atoms with Gasteiger partial charge in [-0.3, -0.25) is 9.79 Å². The van der Waals surface area contributed by atoms with E-state index in [1.54, 1.807) is 0 Å². The SMILES string of the molecule is CN=C(NCc1ccccc1CN1CCCC1=O)NCC1CCCOC1C(C)(C)C. The number of guanidine groups is 1. The van der Waals surface area contributed by atoms with Gasteiger partial charge in [0, 0.05) is 52.2 Å². The number of carbonyl (C=O) groups is 1. The van der Waals surface area contributed by atoms with Gasteiger partial charge in [0.05, 0.1) is 6.10 Å². The van der Waals surface area contributed by atoms with Gasteiger partial charge in [0.2, 0.25) is 5.91 Å². The van der Waals surface area contributed by atoms with Crippen LogP contribution in [0.15, 0.2) is 29.3 Å². The Morgan fingerprint density at radius 3 is 2.63 bits per heavy atom. The molecule has 0 bridgehead atoms. The first kappa shape index (κ1) is 22.6. The van der Waals surface area contributed by atoms with Crippen LogP contribution in [0.2, 0.25) is 0 Å². The minimum absolute atomic E-state index is 0.135. The molecule has 166 valence electrons. The van der Waals surface area contributed by atoms with Gasteiger partial charge in [-0.25, -0.2) is 0 Å². The largest absolute Gasteiger partial charge is 0.377 e. The number of carbonyl (C=O) groups excluding carboxylic acids is 1. The lowest BCUT2D eigenvalue weighted by atomic mass is 9.78. The molecule has 1 amide bonds. The maximum atomic E-state index is 12.0. The van der Waals surface area contributed by atoms with Crippen molar-refractivity contribution in [2.75, 3.05) is 26.7 Å². The van der Waals surface area contributed by atoms with E-state index in [-0.39, 0.29) is 17.4 Å². The van der Waals surface area contributed by atoms with E-state index in [0.717, 1.165) is 38.5 Å². The van der Waals surface area contributed by atoms with Gasteiger partial charge in [-0.15, -0.1) is 0 Å². The zero-order valence-corrected chi connectivity index (χ0v) is 19.0. The lowest BCUT2D eigenvalue weighted by Crippen LogP contribution is -2.47. The quantitative estimate of drug-likeness (QED) is 0.554. The Kier molecular flexibility index (Phi) is 7.75. The molecule has 0 spiro atoms. The number of likely N-dealkylation sites (tertiary alicyclic amines) is 1.